The summed E-state index contributed by atoms with van der Waals surface area (Å²) in [5, 5.41) is 2.73. The molecule has 1 atom stereocenters. The molecule has 1 N–H and O–H groups in total. The monoisotopic (exact) mass is 222 g/mol. The van der Waals surface area contributed by atoms with Gasteiger partial charge < -0.3 is 10.2 Å². The largest absolute Gasteiger partial charge is 0.344 e. The molecule has 0 spiro atoms. The van der Waals surface area contributed by atoms with E-state index in [4.69, 9.17) is 0 Å². The molecule has 1 unspecified atom stereocenters. The van der Waals surface area contributed by atoms with E-state index in [0.29, 0.717) is 32.4 Å². The van der Waals surface area contributed by atoms with E-state index in [1.165, 1.54) is 0 Å². The first-order valence-corrected chi connectivity index (χ1v) is 5.66. The van der Waals surface area contributed by atoms with Crippen molar-refractivity contribution < 1.29 is 9.59 Å². The highest BCUT2D eigenvalue weighted by Crippen LogP contribution is 2.06. The third-order valence-electron chi connectivity index (χ3n) is 2.65. The molecule has 1 rings (SSSR count). The Morgan fingerprint density at radius 3 is 2.88 bits per heavy atom. The molecule has 0 aromatic heterocycles. The van der Waals surface area contributed by atoms with Gasteiger partial charge in [0.2, 0.25) is 11.8 Å². The zero-order valence-corrected chi connectivity index (χ0v) is 9.88. The predicted molar refractivity (Wildman–Crippen MR) is 61.5 cm³/mol. The molecule has 0 aromatic rings. The molecular formula is C12H18N2O2. The summed E-state index contributed by atoms with van der Waals surface area (Å²) in [6, 6.07) is -0.357. The second-order valence-electron chi connectivity index (χ2n) is 3.78. The van der Waals surface area contributed by atoms with Gasteiger partial charge in [0.25, 0.3) is 0 Å². The van der Waals surface area contributed by atoms with Crippen LogP contribution in [0.25, 0.3) is 0 Å². The molecule has 0 saturated carbocycles. The summed E-state index contributed by atoms with van der Waals surface area (Å²) in [6.07, 6.45) is 1.70. The lowest BCUT2D eigenvalue weighted by atomic mass is 10.2. The van der Waals surface area contributed by atoms with Crippen LogP contribution in [0.2, 0.25) is 0 Å². The van der Waals surface area contributed by atoms with E-state index in [-0.39, 0.29) is 17.9 Å². The van der Waals surface area contributed by atoms with Gasteiger partial charge in [-0.05, 0) is 13.3 Å². The average molecular weight is 222 g/mol. The summed E-state index contributed by atoms with van der Waals surface area (Å²) in [5.41, 5.74) is 0. The van der Waals surface area contributed by atoms with Crippen LogP contribution in [0.5, 0.6) is 0 Å². The number of nitrogens with zero attached hydrogens (tertiary/aromatic N) is 1. The zero-order valence-electron chi connectivity index (χ0n) is 9.88. The highest BCUT2D eigenvalue weighted by molar-refractivity contribution is 5.89. The normalized spacial score (nSPS) is 20.9. The maximum atomic E-state index is 12.0. The quantitative estimate of drug-likeness (QED) is 0.708. The molecule has 4 nitrogen and oxygen atoms in total. The van der Waals surface area contributed by atoms with Crippen LogP contribution in [0, 0.1) is 11.8 Å². The van der Waals surface area contributed by atoms with Crippen molar-refractivity contribution in [3.05, 3.63) is 0 Å². The molecule has 0 aliphatic carbocycles. The smallest absolute Gasteiger partial charge is 0.245 e. The van der Waals surface area contributed by atoms with Gasteiger partial charge in [0.15, 0.2) is 0 Å². The SMILES string of the molecule is CC#CCCN1CCC(=O)NC(CC)C1=O. The topological polar surface area (TPSA) is 49.4 Å². The van der Waals surface area contributed by atoms with E-state index in [2.05, 4.69) is 17.2 Å². The lowest BCUT2D eigenvalue weighted by Crippen LogP contribution is -2.44. The van der Waals surface area contributed by atoms with Crippen LogP contribution in [0.3, 0.4) is 0 Å². The maximum absolute atomic E-state index is 12.0. The van der Waals surface area contributed by atoms with Crippen molar-refractivity contribution in [1.82, 2.24) is 10.2 Å². The minimum absolute atomic E-state index is 0.0197. The third-order valence-corrected chi connectivity index (χ3v) is 2.65. The summed E-state index contributed by atoms with van der Waals surface area (Å²) >= 11 is 0. The van der Waals surface area contributed by atoms with Crippen LogP contribution in [0.15, 0.2) is 0 Å². The maximum Gasteiger partial charge on any atom is 0.245 e. The van der Waals surface area contributed by atoms with Crippen molar-refractivity contribution in [3.63, 3.8) is 0 Å². The molecule has 0 aromatic carbocycles. The Kier molecular flexibility index (Phi) is 4.84. The second-order valence-corrected chi connectivity index (χ2v) is 3.78. The fourth-order valence-electron chi connectivity index (χ4n) is 1.71. The molecule has 0 radical (unpaired) electrons. The van der Waals surface area contributed by atoms with Gasteiger partial charge in [-0.15, -0.1) is 11.8 Å². The van der Waals surface area contributed by atoms with Crippen LogP contribution < -0.4 is 5.32 Å². The summed E-state index contributed by atoms with van der Waals surface area (Å²) in [6.45, 7) is 4.81. The zero-order chi connectivity index (χ0) is 12.0. The first-order chi connectivity index (χ1) is 7.69. The lowest BCUT2D eigenvalue weighted by molar-refractivity contribution is -0.133. The van der Waals surface area contributed by atoms with Crippen LogP contribution in [0.4, 0.5) is 0 Å². The standard InChI is InChI=1S/C12H18N2O2/c1-3-5-6-8-14-9-7-11(15)13-10(4-2)12(14)16/h10H,4,6-9H2,1-2H3,(H,13,15). The fourth-order valence-corrected chi connectivity index (χ4v) is 1.71. The van der Waals surface area contributed by atoms with Gasteiger partial charge in [0, 0.05) is 25.9 Å². The van der Waals surface area contributed by atoms with Gasteiger partial charge in [0.05, 0.1) is 0 Å². The molecule has 1 aliphatic rings. The highest BCUT2D eigenvalue weighted by atomic mass is 16.2. The Bertz CT molecular complexity index is 328. The van der Waals surface area contributed by atoms with Crippen LogP contribution in [-0.2, 0) is 9.59 Å². The minimum atomic E-state index is -0.357. The number of hydrogen-bond donors (Lipinski definition) is 1. The molecular weight excluding hydrogens is 204 g/mol. The van der Waals surface area contributed by atoms with E-state index < -0.39 is 0 Å². The molecule has 88 valence electrons. The second kappa shape index (κ2) is 6.16. The van der Waals surface area contributed by atoms with Gasteiger partial charge in [-0.25, -0.2) is 0 Å². The van der Waals surface area contributed by atoms with E-state index in [0.717, 1.165) is 0 Å². The highest BCUT2D eigenvalue weighted by Gasteiger charge is 2.27. The average Bonchev–Trinajstić information content (AvgIpc) is 2.41. The molecule has 2 amide bonds. The number of rotatable bonds is 3. The minimum Gasteiger partial charge on any atom is -0.344 e. The van der Waals surface area contributed by atoms with E-state index in [9.17, 15) is 9.59 Å². The van der Waals surface area contributed by atoms with E-state index in [1.54, 1.807) is 11.8 Å². The van der Waals surface area contributed by atoms with Crippen molar-refractivity contribution in [2.45, 2.75) is 39.2 Å². The Morgan fingerprint density at radius 1 is 1.50 bits per heavy atom. The van der Waals surface area contributed by atoms with Crippen molar-refractivity contribution in [2.24, 2.45) is 0 Å². The molecule has 16 heavy (non-hydrogen) atoms. The van der Waals surface area contributed by atoms with Crippen molar-refractivity contribution >= 4 is 11.8 Å². The van der Waals surface area contributed by atoms with Crippen molar-refractivity contribution in [2.75, 3.05) is 13.1 Å². The molecule has 1 heterocycles. The molecule has 0 bridgehead atoms. The van der Waals surface area contributed by atoms with Crippen LogP contribution in [-0.4, -0.2) is 35.8 Å². The Hall–Kier alpha value is -1.50. The van der Waals surface area contributed by atoms with Gasteiger partial charge in [-0.2, -0.15) is 0 Å². The Morgan fingerprint density at radius 2 is 2.25 bits per heavy atom. The predicted octanol–water partition coefficient (Wildman–Crippen LogP) is 0.527. The van der Waals surface area contributed by atoms with Gasteiger partial charge in [-0.3, -0.25) is 9.59 Å². The van der Waals surface area contributed by atoms with E-state index in [1.807, 2.05) is 6.92 Å². The van der Waals surface area contributed by atoms with Crippen molar-refractivity contribution in [3.8, 4) is 11.8 Å². The van der Waals surface area contributed by atoms with Crippen LogP contribution in [0.1, 0.15) is 33.1 Å². The Labute approximate surface area is 96.4 Å². The van der Waals surface area contributed by atoms with Crippen molar-refractivity contribution in [1.29, 1.82) is 0 Å². The molecule has 1 fully saturated rings. The first kappa shape index (κ1) is 12.6. The number of carbonyl (C=O) groups is 2. The van der Waals surface area contributed by atoms with Gasteiger partial charge in [-0.1, -0.05) is 6.92 Å². The Balaban J connectivity index is 2.63. The molecule has 4 heteroatoms. The summed E-state index contributed by atoms with van der Waals surface area (Å²) < 4.78 is 0. The molecule has 1 saturated heterocycles. The fraction of sp³-hybridized carbons (Fsp3) is 0.667. The van der Waals surface area contributed by atoms with Crippen LogP contribution >= 0.6 is 0 Å². The van der Waals surface area contributed by atoms with Gasteiger partial charge in [0.1, 0.15) is 6.04 Å². The van der Waals surface area contributed by atoms with Gasteiger partial charge >= 0.3 is 0 Å². The summed E-state index contributed by atoms with van der Waals surface area (Å²) in [4.78, 5) is 25.1. The number of carbonyl (C=O) groups excluding carboxylic acids is 2. The first-order valence-electron chi connectivity index (χ1n) is 5.66. The number of amides is 2. The molecule has 1 aliphatic heterocycles. The summed E-state index contributed by atoms with van der Waals surface area (Å²) in [7, 11) is 0. The third kappa shape index (κ3) is 3.27. The van der Waals surface area contributed by atoms with E-state index >= 15 is 0 Å². The summed E-state index contributed by atoms with van der Waals surface area (Å²) in [5.74, 6) is 5.71. The number of nitrogens with one attached hydrogen (secondary N) is 1. The lowest BCUT2D eigenvalue weighted by Gasteiger charge is -2.22. The number of hydrogen-bond acceptors (Lipinski definition) is 2.